The molecule has 65 heavy (non-hydrogen) atoms. The Morgan fingerprint density at radius 2 is 1.57 bits per heavy atom. The molecule has 4 aliphatic heterocycles. The van der Waals surface area contributed by atoms with Crippen LogP contribution in [0.3, 0.4) is 0 Å². The molecule has 0 aliphatic carbocycles. The maximum atomic E-state index is 15.9. The van der Waals surface area contributed by atoms with Gasteiger partial charge in [-0.25, -0.2) is 0 Å². The lowest BCUT2D eigenvalue weighted by atomic mass is 9.90. The van der Waals surface area contributed by atoms with Gasteiger partial charge in [0.2, 0.25) is 5.91 Å². The van der Waals surface area contributed by atoms with E-state index >= 15 is 4.79 Å². The van der Waals surface area contributed by atoms with Gasteiger partial charge in [-0.15, -0.1) is 0 Å². The largest absolute Gasteiger partial charge is 0.508 e. The standard InChI is InChI=1S/C54H65N5O5S/c1-37-28-46(64-27-24-56-22-25-63-26-23-56)17-14-40(37)32-53(61)58-21-18-42-29-48(50-33-47(38(2)55(50)3)39-12-15-45(60)16-13-39)49(30-44(42)34-58)54(62)59-35-43-11-7-6-10-41(43)31-52(65-4)51(59)36-57-19-8-5-9-20-57/h6-7,10-17,28-30,33,51-52,60H,5,8-9,18-27,31-32,34-36H2,1-4H3. The number of carbonyl (C=O) groups is 2. The fourth-order valence-corrected chi connectivity index (χ4v) is 11.3. The molecule has 9 rings (SSSR count). The molecule has 342 valence electrons. The predicted molar refractivity (Wildman–Crippen MR) is 261 cm³/mol. The first-order valence-electron chi connectivity index (χ1n) is 23.7. The number of benzene rings is 4. The van der Waals surface area contributed by atoms with E-state index in [4.69, 9.17) is 9.47 Å². The smallest absolute Gasteiger partial charge is 0.255 e. The molecule has 10 nitrogen and oxygen atoms in total. The summed E-state index contributed by atoms with van der Waals surface area (Å²) < 4.78 is 13.8. The normalized spacial score (nSPS) is 19.4. The minimum absolute atomic E-state index is 0.0115. The molecule has 0 spiro atoms. The molecule has 2 atom stereocenters. The molecule has 2 amide bonds. The Morgan fingerprint density at radius 1 is 0.800 bits per heavy atom. The molecule has 11 heteroatoms. The van der Waals surface area contributed by atoms with Crippen LogP contribution in [0.4, 0.5) is 0 Å². The second kappa shape index (κ2) is 20.2. The number of aromatic nitrogens is 1. The Morgan fingerprint density at radius 3 is 2.32 bits per heavy atom. The predicted octanol–water partition coefficient (Wildman–Crippen LogP) is 8.30. The number of morpholine rings is 1. The highest BCUT2D eigenvalue weighted by Crippen LogP contribution is 2.39. The summed E-state index contributed by atoms with van der Waals surface area (Å²) in [5.41, 5.74) is 12.5. The Kier molecular flexibility index (Phi) is 14.0. The van der Waals surface area contributed by atoms with E-state index in [9.17, 15) is 9.90 Å². The van der Waals surface area contributed by atoms with Gasteiger partial charge in [-0.05, 0) is 140 Å². The van der Waals surface area contributed by atoms with Crippen LogP contribution in [-0.2, 0) is 48.9 Å². The van der Waals surface area contributed by atoms with Crippen molar-refractivity contribution in [1.29, 1.82) is 0 Å². The lowest BCUT2D eigenvalue weighted by molar-refractivity contribution is -0.131. The first-order valence-corrected chi connectivity index (χ1v) is 25.0. The van der Waals surface area contributed by atoms with Crippen molar-refractivity contribution in [1.82, 2.24) is 24.2 Å². The van der Waals surface area contributed by atoms with Gasteiger partial charge < -0.3 is 33.8 Å². The molecule has 0 bridgehead atoms. The second-order valence-electron chi connectivity index (χ2n) is 18.5. The van der Waals surface area contributed by atoms with Gasteiger partial charge in [-0.1, -0.05) is 48.9 Å². The summed E-state index contributed by atoms with van der Waals surface area (Å²) in [5.74, 6) is 1.18. The first-order chi connectivity index (χ1) is 31.6. The van der Waals surface area contributed by atoms with E-state index in [-0.39, 0.29) is 28.9 Å². The summed E-state index contributed by atoms with van der Waals surface area (Å²) in [6.07, 6.45) is 7.79. The number of phenolic OH excluding ortho intramolecular Hbond substituents is 1. The first kappa shape index (κ1) is 45.1. The topological polar surface area (TPSA) is 90.7 Å². The van der Waals surface area contributed by atoms with Crippen LogP contribution in [0, 0.1) is 13.8 Å². The van der Waals surface area contributed by atoms with Crippen LogP contribution in [0.15, 0.2) is 84.9 Å². The molecule has 1 N–H and O–H groups in total. The van der Waals surface area contributed by atoms with Gasteiger partial charge >= 0.3 is 0 Å². The third kappa shape index (κ3) is 10.0. The number of likely N-dealkylation sites (tertiary alicyclic amines) is 1. The van der Waals surface area contributed by atoms with Crippen molar-refractivity contribution < 1.29 is 24.2 Å². The zero-order chi connectivity index (χ0) is 45.0. The van der Waals surface area contributed by atoms with E-state index in [1.807, 2.05) is 47.0 Å². The van der Waals surface area contributed by atoms with Crippen molar-refractivity contribution in [3.63, 3.8) is 0 Å². The van der Waals surface area contributed by atoms with Crippen LogP contribution >= 0.6 is 11.8 Å². The molecule has 4 aliphatic rings. The summed E-state index contributed by atoms with van der Waals surface area (Å²) >= 11 is 1.88. The maximum absolute atomic E-state index is 15.9. The fraction of sp³-hybridized carbons (Fsp3) is 0.444. The highest BCUT2D eigenvalue weighted by Gasteiger charge is 2.38. The number of hydrogen-bond acceptors (Lipinski definition) is 8. The van der Waals surface area contributed by atoms with Crippen molar-refractivity contribution in [2.45, 2.75) is 76.8 Å². The van der Waals surface area contributed by atoms with Crippen molar-refractivity contribution in [2.24, 2.45) is 7.05 Å². The minimum atomic E-state index is 0.0115. The molecule has 2 unspecified atom stereocenters. The lowest BCUT2D eigenvalue weighted by Crippen LogP contribution is -2.52. The van der Waals surface area contributed by atoms with Gasteiger partial charge in [0.1, 0.15) is 18.1 Å². The molecular formula is C54H65N5O5S. The zero-order valence-corrected chi connectivity index (χ0v) is 39.5. The molecule has 1 aromatic heterocycles. The van der Waals surface area contributed by atoms with Crippen molar-refractivity contribution in [2.75, 3.05) is 71.9 Å². The molecule has 0 radical (unpaired) electrons. The van der Waals surface area contributed by atoms with Gasteiger partial charge in [0.15, 0.2) is 0 Å². The van der Waals surface area contributed by atoms with Crippen LogP contribution in [-0.4, -0.2) is 124 Å². The Balaban J connectivity index is 1.04. The number of hydrogen-bond donors (Lipinski definition) is 1. The molecule has 0 saturated carbocycles. The lowest BCUT2D eigenvalue weighted by Gasteiger charge is -2.39. The highest BCUT2D eigenvalue weighted by atomic mass is 32.2. The SMILES string of the molecule is CSC1Cc2ccccc2CN(C(=O)c2cc3c(cc2-c2cc(-c4ccc(O)cc4)c(C)n2C)CCN(C(=O)Cc2ccc(OCCN4CCOCC4)cc2C)C3)C1CN1CCCCC1. The number of rotatable bonds is 12. The average Bonchev–Trinajstić information content (AvgIpc) is 3.52. The molecule has 5 heterocycles. The van der Waals surface area contributed by atoms with Gasteiger partial charge in [0, 0.05) is 86.2 Å². The molecular weight excluding hydrogens is 831 g/mol. The summed E-state index contributed by atoms with van der Waals surface area (Å²) in [6.45, 7) is 13.7. The molecule has 2 fully saturated rings. The number of piperidine rings is 1. The summed E-state index contributed by atoms with van der Waals surface area (Å²) in [5, 5.41) is 10.3. The van der Waals surface area contributed by atoms with E-state index in [2.05, 4.69) is 88.9 Å². The van der Waals surface area contributed by atoms with E-state index in [0.29, 0.717) is 44.6 Å². The van der Waals surface area contributed by atoms with Crippen LogP contribution in [0.5, 0.6) is 11.5 Å². The fourth-order valence-electron chi connectivity index (χ4n) is 10.5. The van der Waals surface area contributed by atoms with Crippen LogP contribution in [0.2, 0.25) is 0 Å². The van der Waals surface area contributed by atoms with Crippen molar-refractivity contribution in [3.8, 4) is 33.9 Å². The Hall–Kier alpha value is -5.07. The molecule has 5 aromatic rings. The van der Waals surface area contributed by atoms with E-state index in [0.717, 1.165) is 109 Å². The number of nitrogens with zero attached hydrogens (tertiary/aromatic N) is 5. The van der Waals surface area contributed by atoms with Crippen molar-refractivity contribution >= 4 is 23.6 Å². The quantitative estimate of drug-likeness (QED) is 0.134. The highest BCUT2D eigenvalue weighted by molar-refractivity contribution is 7.99. The van der Waals surface area contributed by atoms with Gasteiger partial charge in [-0.2, -0.15) is 11.8 Å². The second-order valence-corrected chi connectivity index (χ2v) is 19.6. The van der Waals surface area contributed by atoms with Gasteiger partial charge in [0.25, 0.3) is 5.91 Å². The number of ether oxygens (including phenoxy) is 2. The number of thioether (sulfide) groups is 1. The Bertz CT molecular complexity index is 2490. The summed E-state index contributed by atoms with van der Waals surface area (Å²) in [7, 11) is 2.08. The van der Waals surface area contributed by atoms with Crippen molar-refractivity contribution in [3.05, 3.63) is 130 Å². The zero-order valence-electron chi connectivity index (χ0n) is 38.7. The number of carbonyl (C=O) groups excluding carboxylic acids is 2. The molecule has 4 aromatic carbocycles. The summed E-state index contributed by atoms with van der Waals surface area (Å²) in [4.78, 5) is 39.2. The summed E-state index contributed by atoms with van der Waals surface area (Å²) in [6, 6.07) is 28.7. The minimum Gasteiger partial charge on any atom is -0.508 e. The van der Waals surface area contributed by atoms with Crippen LogP contribution in [0.25, 0.3) is 22.4 Å². The third-order valence-corrected chi connectivity index (χ3v) is 15.6. The monoisotopic (exact) mass is 895 g/mol. The number of aryl methyl sites for hydroxylation is 1. The van der Waals surface area contributed by atoms with Crippen LogP contribution < -0.4 is 4.74 Å². The van der Waals surface area contributed by atoms with E-state index in [1.54, 1.807) is 12.1 Å². The Labute approximate surface area is 389 Å². The van der Waals surface area contributed by atoms with Gasteiger partial charge in [-0.3, -0.25) is 14.5 Å². The third-order valence-electron chi connectivity index (χ3n) is 14.5. The van der Waals surface area contributed by atoms with Gasteiger partial charge in [0.05, 0.1) is 25.7 Å². The van der Waals surface area contributed by atoms with E-state index < -0.39 is 0 Å². The maximum Gasteiger partial charge on any atom is 0.255 e. The average molecular weight is 896 g/mol. The van der Waals surface area contributed by atoms with E-state index in [1.165, 1.54) is 36.0 Å². The number of aromatic hydroxyl groups is 1. The van der Waals surface area contributed by atoms with Crippen LogP contribution in [0.1, 0.15) is 68.7 Å². The number of fused-ring (bicyclic) bond motifs is 2. The number of amides is 2. The molecule has 2 saturated heterocycles. The number of phenols is 1.